The predicted octanol–water partition coefficient (Wildman–Crippen LogP) is 4.48. The van der Waals surface area contributed by atoms with Crippen molar-refractivity contribution < 1.29 is 9.53 Å². The number of aromatic amines is 1. The highest BCUT2D eigenvalue weighted by atomic mass is 16.5. The summed E-state index contributed by atoms with van der Waals surface area (Å²) in [7, 11) is 1.65. The molecule has 0 amide bonds. The van der Waals surface area contributed by atoms with E-state index in [1.54, 1.807) is 31.5 Å². The smallest absolute Gasteiger partial charge is 0.150 e. The standard InChI is InChI=1S/C20H18N2O2/c1-14-12-15(13-23)6-5-11-21-20(22-14)19-17-8-4-3-7-16(17)9-10-18(19)24-2/h3-13H,1-2H3,(H,21,22). The Morgan fingerprint density at radius 1 is 1.08 bits per heavy atom. The van der Waals surface area contributed by atoms with Gasteiger partial charge in [0, 0.05) is 17.5 Å². The molecule has 0 bridgehead atoms. The summed E-state index contributed by atoms with van der Waals surface area (Å²) in [4.78, 5) is 18.9. The van der Waals surface area contributed by atoms with Crippen molar-refractivity contribution in [3.63, 3.8) is 0 Å². The monoisotopic (exact) mass is 318 g/mol. The quantitative estimate of drug-likeness (QED) is 0.724. The Hall–Kier alpha value is -3.14. The van der Waals surface area contributed by atoms with Crippen molar-refractivity contribution in [2.75, 3.05) is 7.11 Å². The van der Waals surface area contributed by atoms with Crippen molar-refractivity contribution in [2.24, 2.45) is 0 Å². The summed E-state index contributed by atoms with van der Waals surface area (Å²) in [5, 5.41) is 2.15. The number of benzene rings is 2. The number of nitrogens with one attached hydrogen (secondary N) is 1. The van der Waals surface area contributed by atoms with E-state index in [1.807, 2.05) is 37.3 Å². The highest BCUT2D eigenvalue weighted by molar-refractivity contribution is 5.98. The number of carbonyl (C=O) groups excluding carboxylic acids is 1. The number of rotatable bonds is 3. The van der Waals surface area contributed by atoms with E-state index >= 15 is 0 Å². The minimum Gasteiger partial charge on any atom is -0.496 e. The molecule has 1 heterocycles. The molecule has 0 aliphatic carbocycles. The Kier molecular flexibility index (Phi) is 4.57. The van der Waals surface area contributed by atoms with Crippen molar-refractivity contribution >= 4 is 17.1 Å². The zero-order valence-corrected chi connectivity index (χ0v) is 13.6. The first kappa shape index (κ1) is 15.7. The first-order valence-corrected chi connectivity index (χ1v) is 7.64. The van der Waals surface area contributed by atoms with Crippen molar-refractivity contribution in [1.29, 1.82) is 0 Å². The molecule has 0 spiro atoms. The zero-order chi connectivity index (χ0) is 16.9. The second-order valence-corrected chi connectivity index (χ2v) is 5.42. The molecular formula is C20H18N2O2. The van der Waals surface area contributed by atoms with E-state index in [1.165, 1.54) is 0 Å². The average Bonchev–Trinajstić information content (AvgIpc) is 2.70. The molecule has 0 saturated heterocycles. The maximum atomic E-state index is 11.1. The van der Waals surface area contributed by atoms with Crippen LogP contribution in [0.5, 0.6) is 5.75 Å². The van der Waals surface area contributed by atoms with Gasteiger partial charge in [0.1, 0.15) is 17.9 Å². The van der Waals surface area contributed by atoms with Gasteiger partial charge in [0.05, 0.1) is 12.7 Å². The Morgan fingerprint density at radius 3 is 2.71 bits per heavy atom. The van der Waals surface area contributed by atoms with Gasteiger partial charge in [-0.2, -0.15) is 0 Å². The van der Waals surface area contributed by atoms with Crippen molar-refractivity contribution in [2.45, 2.75) is 6.92 Å². The Bertz CT molecular complexity index is 943. The number of aromatic nitrogens is 2. The number of ether oxygens (including phenoxy) is 1. The molecule has 120 valence electrons. The summed E-state index contributed by atoms with van der Waals surface area (Å²) < 4.78 is 5.55. The van der Waals surface area contributed by atoms with Crippen LogP contribution in [0.15, 0.2) is 60.8 Å². The predicted molar refractivity (Wildman–Crippen MR) is 95.8 cm³/mol. The van der Waals surface area contributed by atoms with Gasteiger partial charge in [-0.05, 0) is 35.9 Å². The maximum Gasteiger partial charge on any atom is 0.150 e. The molecule has 0 fully saturated rings. The highest BCUT2D eigenvalue weighted by Gasteiger charge is 2.11. The molecule has 3 rings (SSSR count). The van der Waals surface area contributed by atoms with Crippen LogP contribution in [-0.4, -0.2) is 23.4 Å². The third-order valence-corrected chi connectivity index (χ3v) is 3.76. The van der Waals surface area contributed by atoms with E-state index < -0.39 is 0 Å². The second-order valence-electron chi connectivity index (χ2n) is 5.42. The van der Waals surface area contributed by atoms with Gasteiger partial charge in [0.25, 0.3) is 0 Å². The lowest BCUT2D eigenvalue weighted by molar-refractivity contribution is 0.112. The summed E-state index contributed by atoms with van der Waals surface area (Å²) in [6.07, 6.45) is 2.48. The van der Waals surface area contributed by atoms with Crippen LogP contribution in [0.4, 0.5) is 0 Å². The maximum absolute atomic E-state index is 11.1. The van der Waals surface area contributed by atoms with Crippen molar-refractivity contribution in [1.82, 2.24) is 9.97 Å². The van der Waals surface area contributed by atoms with Crippen LogP contribution in [0, 0.1) is 6.92 Å². The van der Waals surface area contributed by atoms with Crippen LogP contribution in [-0.2, 0) is 0 Å². The molecule has 1 N–H and O–H groups in total. The molecule has 3 aromatic rings. The average molecular weight is 318 g/mol. The Balaban J connectivity index is 2.37. The van der Waals surface area contributed by atoms with Crippen LogP contribution in [0.3, 0.4) is 0 Å². The number of nitrogens with zero attached hydrogens (tertiary/aromatic N) is 1. The second kappa shape index (κ2) is 6.96. The summed E-state index contributed by atoms with van der Waals surface area (Å²) in [5.74, 6) is 1.41. The first-order valence-electron chi connectivity index (χ1n) is 7.64. The molecule has 0 aliphatic rings. The van der Waals surface area contributed by atoms with Crippen LogP contribution in [0.1, 0.15) is 16.1 Å². The molecule has 1 aromatic heterocycles. The van der Waals surface area contributed by atoms with Crippen molar-refractivity contribution in [3.05, 3.63) is 72.1 Å². The SMILES string of the molecule is COc1ccc2ccccc2c1-c1ncccc(C=O)cc(C)[nH]1. The number of carbonyl (C=O) groups is 1. The normalized spacial score (nSPS) is 10.2. The fourth-order valence-electron chi connectivity index (χ4n) is 2.69. The van der Waals surface area contributed by atoms with Crippen LogP contribution >= 0.6 is 0 Å². The van der Waals surface area contributed by atoms with Gasteiger partial charge < -0.3 is 9.72 Å². The minimum atomic E-state index is 0.581. The number of hydrogen-bond donors (Lipinski definition) is 1. The molecule has 4 heteroatoms. The molecule has 0 atom stereocenters. The number of H-pyrrole nitrogens is 1. The van der Waals surface area contributed by atoms with Gasteiger partial charge in [0.2, 0.25) is 0 Å². The van der Waals surface area contributed by atoms with E-state index in [4.69, 9.17) is 4.74 Å². The highest BCUT2D eigenvalue weighted by Crippen LogP contribution is 2.34. The van der Waals surface area contributed by atoms with E-state index in [2.05, 4.69) is 16.0 Å². The lowest BCUT2D eigenvalue weighted by Gasteiger charge is -2.11. The zero-order valence-electron chi connectivity index (χ0n) is 13.6. The minimum absolute atomic E-state index is 0.581. The Labute approximate surface area is 140 Å². The molecule has 0 unspecified atom stereocenters. The van der Waals surface area contributed by atoms with Crippen LogP contribution in [0.2, 0.25) is 0 Å². The Morgan fingerprint density at radius 2 is 1.92 bits per heavy atom. The fraction of sp³-hybridized carbons (Fsp3) is 0.100. The van der Waals surface area contributed by atoms with E-state index in [0.717, 1.165) is 34.1 Å². The molecule has 0 aliphatic heterocycles. The summed E-state index contributed by atoms with van der Waals surface area (Å²) in [6, 6.07) is 17.3. The number of hydrogen-bond acceptors (Lipinski definition) is 3. The van der Waals surface area contributed by atoms with Crippen molar-refractivity contribution in [3.8, 4) is 17.1 Å². The molecule has 4 nitrogen and oxygen atoms in total. The number of fused-ring (bicyclic) bond motifs is 1. The fourth-order valence-corrected chi connectivity index (χ4v) is 2.69. The molecule has 24 heavy (non-hydrogen) atoms. The van der Waals surface area contributed by atoms with Crippen LogP contribution in [0.25, 0.3) is 22.2 Å². The van der Waals surface area contributed by atoms with Gasteiger partial charge >= 0.3 is 0 Å². The van der Waals surface area contributed by atoms with Gasteiger partial charge in [0.15, 0.2) is 0 Å². The largest absolute Gasteiger partial charge is 0.496 e. The van der Waals surface area contributed by atoms with Gasteiger partial charge in [-0.3, -0.25) is 4.79 Å². The number of aryl methyl sites for hydroxylation is 1. The number of aldehydes is 1. The van der Waals surface area contributed by atoms with Crippen LogP contribution < -0.4 is 4.74 Å². The van der Waals surface area contributed by atoms with E-state index in [0.29, 0.717) is 11.4 Å². The molecule has 2 aromatic carbocycles. The van der Waals surface area contributed by atoms with Gasteiger partial charge in [-0.1, -0.05) is 36.4 Å². The van der Waals surface area contributed by atoms with E-state index in [-0.39, 0.29) is 0 Å². The summed E-state index contributed by atoms with van der Waals surface area (Å²) >= 11 is 0. The third-order valence-electron chi connectivity index (χ3n) is 3.76. The summed E-state index contributed by atoms with van der Waals surface area (Å²) in [5.41, 5.74) is 2.30. The van der Waals surface area contributed by atoms with Gasteiger partial charge in [-0.25, -0.2) is 4.98 Å². The molecule has 0 radical (unpaired) electrons. The first-order chi connectivity index (χ1) is 11.7. The van der Waals surface area contributed by atoms with Gasteiger partial charge in [-0.15, -0.1) is 0 Å². The molecular weight excluding hydrogens is 300 g/mol. The molecule has 0 saturated carbocycles. The third kappa shape index (κ3) is 3.13. The number of methoxy groups -OCH3 is 1. The topological polar surface area (TPSA) is 55.0 Å². The van der Waals surface area contributed by atoms with E-state index in [9.17, 15) is 4.79 Å². The lowest BCUT2D eigenvalue weighted by Crippen LogP contribution is -1.93. The lowest BCUT2D eigenvalue weighted by atomic mass is 10.0. The summed E-state index contributed by atoms with van der Waals surface area (Å²) in [6.45, 7) is 1.90.